The van der Waals surface area contributed by atoms with Gasteiger partial charge in [-0.2, -0.15) is 0 Å². The van der Waals surface area contributed by atoms with E-state index < -0.39 is 0 Å². The van der Waals surface area contributed by atoms with E-state index in [4.69, 9.17) is 5.73 Å². The predicted octanol–water partition coefficient (Wildman–Crippen LogP) is 2.28. The molecule has 1 amide bonds. The van der Waals surface area contributed by atoms with Crippen LogP contribution in [0, 0.1) is 11.3 Å². The monoisotopic (exact) mass is 274 g/mol. The largest absolute Gasteiger partial charge is 0.355 e. The summed E-state index contributed by atoms with van der Waals surface area (Å²) in [5.41, 5.74) is 8.59. The second-order valence-electron chi connectivity index (χ2n) is 6.00. The van der Waals surface area contributed by atoms with Gasteiger partial charge in [-0.1, -0.05) is 38.1 Å². The normalized spacial score (nSPS) is 15.2. The fourth-order valence-corrected chi connectivity index (χ4v) is 3.02. The molecule has 0 fully saturated rings. The summed E-state index contributed by atoms with van der Waals surface area (Å²) in [6.45, 7) is 5.62. The second-order valence-corrected chi connectivity index (χ2v) is 6.00. The molecular formula is C17H26N2O. The highest BCUT2D eigenvalue weighted by molar-refractivity contribution is 5.80. The first-order chi connectivity index (χ1) is 9.64. The van der Waals surface area contributed by atoms with Crippen molar-refractivity contribution >= 4 is 5.91 Å². The summed E-state index contributed by atoms with van der Waals surface area (Å²) in [7, 11) is 0. The quantitative estimate of drug-likeness (QED) is 0.836. The van der Waals surface area contributed by atoms with Crippen molar-refractivity contribution in [2.45, 2.75) is 39.5 Å². The Morgan fingerprint density at radius 2 is 1.80 bits per heavy atom. The topological polar surface area (TPSA) is 55.1 Å². The molecule has 20 heavy (non-hydrogen) atoms. The van der Waals surface area contributed by atoms with E-state index in [0.29, 0.717) is 13.1 Å². The van der Waals surface area contributed by atoms with Crippen LogP contribution in [0.4, 0.5) is 0 Å². The molecule has 1 aliphatic rings. The average molecular weight is 274 g/mol. The highest BCUT2D eigenvalue weighted by Crippen LogP contribution is 2.27. The Kier molecular flexibility index (Phi) is 4.81. The molecule has 1 aliphatic carbocycles. The Hall–Kier alpha value is -1.35. The van der Waals surface area contributed by atoms with Gasteiger partial charge in [0, 0.05) is 12.5 Å². The molecule has 0 heterocycles. The van der Waals surface area contributed by atoms with Crippen LogP contribution < -0.4 is 11.1 Å². The van der Waals surface area contributed by atoms with Crippen molar-refractivity contribution in [1.82, 2.24) is 5.32 Å². The van der Waals surface area contributed by atoms with E-state index in [1.807, 2.05) is 12.1 Å². The number of benzene rings is 1. The maximum absolute atomic E-state index is 12.4. The van der Waals surface area contributed by atoms with Gasteiger partial charge in [0.1, 0.15) is 0 Å². The lowest BCUT2D eigenvalue weighted by Crippen LogP contribution is -2.43. The molecule has 3 heteroatoms. The van der Waals surface area contributed by atoms with Gasteiger partial charge in [0.15, 0.2) is 0 Å². The minimum Gasteiger partial charge on any atom is -0.355 e. The van der Waals surface area contributed by atoms with Crippen LogP contribution >= 0.6 is 0 Å². The minimum absolute atomic E-state index is 0.0567. The van der Waals surface area contributed by atoms with Crippen LogP contribution in [0.5, 0.6) is 0 Å². The van der Waals surface area contributed by atoms with E-state index in [9.17, 15) is 4.79 Å². The molecule has 0 aliphatic heterocycles. The van der Waals surface area contributed by atoms with Crippen molar-refractivity contribution in [1.29, 1.82) is 0 Å². The highest BCUT2D eigenvalue weighted by atomic mass is 16.1. The van der Waals surface area contributed by atoms with Gasteiger partial charge in [0.05, 0.1) is 0 Å². The molecule has 2 rings (SSSR count). The van der Waals surface area contributed by atoms with Crippen LogP contribution in [0.25, 0.3) is 0 Å². The predicted molar refractivity (Wildman–Crippen MR) is 82.4 cm³/mol. The Labute approximate surface area is 121 Å². The number of hydrogen-bond acceptors (Lipinski definition) is 2. The first-order valence-electron chi connectivity index (χ1n) is 7.68. The van der Waals surface area contributed by atoms with E-state index >= 15 is 0 Å². The number of rotatable bonds is 6. The summed E-state index contributed by atoms with van der Waals surface area (Å²) >= 11 is 0. The second kappa shape index (κ2) is 6.40. The third kappa shape index (κ3) is 3.04. The molecule has 0 unspecified atom stereocenters. The number of fused-ring (bicyclic) bond motifs is 1. The molecule has 3 N–H and O–H groups in total. The standard InChI is InChI=1S/C17H26N2O/c1-3-17(4-2,11-18)12-19-16(20)15-9-13-7-5-6-8-14(13)10-15/h5-8,15H,3-4,9-12,18H2,1-2H3,(H,19,20). The van der Waals surface area contributed by atoms with Gasteiger partial charge in [0.2, 0.25) is 5.91 Å². The van der Waals surface area contributed by atoms with Gasteiger partial charge < -0.3 is 11.1 Å². The van der Waals surface area contributed by atoms with Crippen molar-refractivity contribution in [3.05, 3.63) is 35.4 Å². The summed E-state index contributed by atoms with van der Waals surface area (Å²) in [5.74, 6) is 0.275. The molecule has 0 spiro atoms. The Morgan fingerprint density at radius 3 is 2.25 bits per heavy atom. The third-order valence-electron chi connectivity index (χ3n) is 4.99. The molecular weight excluding hydrogens is 248 g/mol. The molecule has 1 aromatic rings. The van der Waals surface area contributed by atoms with Gasteiger partial charge >= 0.3 is 0 Å². The van der Waals surface area contributed by atoms with E-state index in [0.717, 1.165) is 25.7 Å². The minimum atomic E-state index is 0.0567. The summed E-state index contributed by atoms with van der Waals surface area (Å²) in [5, 5.41) is 3.13. The lowest BCUT2D eigenvalue weighted by Gasteiger charge is -2.30. The molecule has 0 bridgehead atoms. The lowest BCUT2D eigenvalue weighted by molar-refractivity contribution is -0.125. The first kappa shape index (κ1) is 15.0. The average Bonchev–Trinajstić information content (AvgIpc) is 2.93. The van der Waals surface area contributed by atoms with E-state index in [2.05, 4.69) is 31.3 Å². The van der Waals surface area contributed by atoms with Crippen LogP contribution in [0.1, 0.15) is 37.8 Å². The zero-order valence-electron chi connectivity index (χ0n) is 12.6. The third-order valence-corrected chi connectivity index (χ3v) is 4.99. The fraction of sp³-hybridized carbons (Fsp3) is 0.588. The summed E-state index contributed by atoms with van der Waals surface area (Å²) in [6.07, 6.45) is 3.75. The Bertz CT molecular complexity index is 433. The Balaban J connectivity index is 1.91. The highest BCUT2D eigenvalue weighted by Gasteiger charge is 2.30. The molecule has 0 aromatic heterocycles. The van der Waals surface area contributed by atoms with Crippen molar-refractivity contribution in [3.63, 3.8) is 0 Å². The molecule has 0 radical (unpaired) electrons. The molecule has 0 saturated carbocycles. The van der Waals surface area contributed by atoms with E-state index in [1.165, 1.54) is 11.1 Å². The first-order valence-corrected chi connectivity index (χ1v) is 7.68. The number of hydrogen-bond donors (Lipinski definition) is 2. The molecule has 0 saturated heterocycles. The van der Waals surface area contributed by atoms with Gasteiger partial charge in [-0.05, 0) is 48.8 Å². The van der Waals surface area contributed by atoms with Crippen molar-refractivity contribution < 1.29 is 4.79 Å². The SMILES string of the molecule is CCC(CC)(CN)CNC(=O)C1Cc2ccccc2C1. The smallest absolute Gasteiger partial charge is 0.223 e. The fourth-order valence-electron chi connectivity index (χ4n) is 3.02. The molecule has 110 valence electrons. The number of amides is 1. The van der Waals surface area contributed by atoms with Gasteiger partial charge in [-0.3, -0.25) is 4.79 Å². The van der Waals surface area contributed by atoms with E-state index in [-0.39, 0.29) is 17.2 Å². The molecule has 3 nitrogen and oxygen atoms in total. The number of nitrogens with one attached hydrogen (secondary N) is 1. The molecule has 1 aromatic carbocycles. The van der Waals surface area contributed by atoms with Gasteiger partial charge in [-0.15, -0.1) is 0 Å². The van der Waals surface area contributed by atoms with Crippen LogP contribution in [-0.2, 0) is 17.6 Å². The summed E-state index contributed by atoms with van der Waals surface area (Å²) in [6, 6.07) is 8.36. The Morgan fingerprint density at radius 1 is 1.25 bits per heavy atom. The van der Waals surface area contributed by atoms with Crippen molar-refractivity contribution in [3.8, 4) is 0 Å². The number of carbonyl (C=O) groups excluding carboxylic acids is 1. The number of carbonyl (C=O) groups is 1. The van der Waals surface area contributed by atoms with Crippen LogP contribution in [-0.4, -0.2) is 19.0 Å². The van der Waals surface area contributed by atoms with Gasteiger partial charge in [0.25, 0.3) is 0 Å². The van der Waals surface area contributed by atoms with Crippen LogP contribution in [0.3, 0.4) is 0 Å². The van der Waals surface area contributed by atoms with E-state index in [1.54, 1.807) is 0 Å². The summed E-state index contributed by atoms with van der Waals surface area (Å²) in [4.78, 5) is 12.4. The number of nitrogens with two attached hydrogens (primary N) is 1. The zero-order valence-corrected chi connectivity index (χ0v) is 12.6. The zero-order chi connectivity index (χ0) is 14.6. The molecule has 0 atom stereocenters. The van der Waals surface area contributed by atoms with Crippen molar-refractivity contribution in [2.24, 2.45) is 17.1 Å². The maximum Gasteiger partial charge on any atom is 0.223 e. The van der Waals surface area contributed by atoms with Crippen molar-refractivity contribution in [2.75, 3.05) is 13.1 Å². The van der Waals surface area contributed by atoms with Crippen LogP contribution in [0.15, 0.2) is 24.3 Å². The summed E-state index contributed by atoms with van der Waals surface area (Å²) < 4.78 is 0. The van der Waals surface area contributed by atoms with Gasteiger partial charge in [-0.25, -0.2) is 0 Å². The lowest BCUT2D eigenvalue weighted by atomic mass is 9.82. The van der Waals surface area contributed by atoms with Crippen LogP contribution in [0.2, 0.25) is 0 Å². The maximum atomic E-state index is 12.4.